The quantitative estimate of drug-likeness (QED) is 0.915. The number of anilines is 1. The van der Waals surface area contributed by atoms with Crippen molar-refractivity contribution in [3.8, 4) is 6.07 Å². The maximum atomic E-state index is 13.6. The van der Waals surface area contributed by atoms with E-state index in [1.165, 1.54) is 6.07 Å². The van der Waals surface area contributed by atoms with Crippen LogP contribution in [0.2, 0.25) is 0 Å². The van der Waals surface area contributed by atoms with Crippen LogP contribution < -0.4 is 5.32 Å². The summed E-state index contributed by atoms with van der Waals surface area (Å²) in [5.74, 6) is -0.289. The van der Waals surface area contributed by atoms with E-state index in [0.717, 1.165) is 12.8 Å². The Morgan fingerprint density at radius 1 is 1.50 bits per heavy atom. The van der Waals surface area contributed by atoms with Gasteiger partial charge in [0.1, 0.15) is 23.1 Å². The number of likely N-dealkylation sites (tertiary alicyclic amines) is 1. The number of amides is 1. The van der Waals surface area contributed by atoms with Crippen molar-refractivity contribution in [3.05, 3.63) is 29.6 Å². The lowest BCUT2D eigenvalue weighted by Gasteiger charge is -2.34. The highest BCUT2D eigenvalue weighted by atomic mass is 19.1. The Hall–Kier alpha value is -2.29. The first-order chi connectivity index (χ1) is 11.3. The number of rotatable bonds is 3. The summed E-state index contributed by atoms with van der Waals surface area (Å²) >= 11 is 0. The lowest BCUT2D eigenvalue weighted by Crippen LogP contribution is -2.44. The molecular formula is C18H24FN3O2. The van der Waals surface area contributed by atoms with E-state index in [2.05, 4.69) is 5.32 Å². The third kappa shape index (κ3) is 4.85. The zero-order valence-corrected chi connectivity index (χ0v) is 14.4. The molecule has 1 fully saturated rings. The smallest absolute Gasteiger partial charge is 0.410 e. The van der Waals surface area contributed by atoms with Crippen LogP contribution >= 0.6 is 0 Å². The molecule has 0 aliphatic carbocycles. The zero-order valence-electron chi connectivity index (χ0n) is 14.4. The summed E-state index contributed by atoms with van der Waals surface area (Å²) in [5.41, 5.74) is 0.00938. The molecule has 2 rings (SSSR count). The number of carbonyl (C=O) groups is 1. The van der Waals surface area contributed by atoms with Crippen molar-refractivity contribution in [2.45, 2.75) is 39.2 Å². The van der Waals surface area contributed by atoms with Gasteiger partial charge in [0.15, 0.2) is 0 Å². The second kappa shape index (κ2) is 7.52. The summed E-state index contributed by atoms with van der Waals surface area (Å²) in [6.45, 7) is 7.41. The largest absolute Gasteiger partial charge is 0.444 e. The summed E-state index contributed by atoms with van der Waals surface area (Å²) < 4.78 is 19.0. The molecule has 24 heavy (non-hydrogen) atoms. The van der Waals surface area contributed by atoms with Gasteiger partial charge in [-0.1, -0.05) is 6.07 Å². The van der Waals surface area contributed by atoms with Crippen LogP contribution in [-0.4, -0.2) is 36.2 Å². The van der Waals surface area contributed by atoms with Crippen molar-refractivity contribution in [2.75, 3.05) is 25.0 Å². The standard InChI is InChI=1S/C18H24FN3O2/c1-18(2,3)24-17(23)22-9-5-6-13(12-22)11-21-16-8-4-7-15(19)14(16)10-20/h4,7-8,13,21H,5-6,9,11-12H2,1-3H3. The maximum absolute atomic E-state index is 13.6. The molecule has 0 saturated carbocycles. The van der Waals surface area contributed by atoms with Crippen molar-refractivity contribution in [1.82, 2.24) is 4.90 Å². The first-order valence-corrected chi connectivity index (χ1v) is 8.20. The summed E-state index contributed by atoms with van der Waals surface area (Å²) in [7, 11) is 0. The SMILES string of the molecule is CC(C)(C)OC(=O)N1CCCC(CNc2cccc(F)c2C#N)C1. The molecule has 1 aliphatic heterocycles. The summed E-state index contributed by atoms with van der Waals surface area (Å²) in [5, 5.41) is 12.2. The van der Waals surface area contributed by atoms with Crippen LogP contribution in [-0.2, 0) is 4.74 Å². The molecule has 0 radical (unpaired) electrons. The molecule has 0 spiro atoms. The average molecular weight is 333 g/mol. The zero-order chi connectivity index (χ0) is 17.7. The Morgan fingerprint density at radius 2 is 2.25 bits per heavy atom. The number of carbonyl (C=O) groups excluding carboxylic acids is 1. The van der Waals surface area contributed by atoms with Gasteiger partial charge in [0.05, 0.1) is 5.69 Å². The van der Waals surface area contributed by atoms with E-state index in [1.54, 1.807) is 17.0 Å². The van der Waals surface area contributed by atoms with Crippen LogP contribution in [0.4, 0.5) is 14.9 Å². The number of nitriles is 1. The van der Waals surface area contributed by atoms with Gasteiger partial charge in [-0.2, -0.15) is 5.26 Å². The highest BCUT2D eigenvalue weighted by molar-refractivity contribution is 5.68. The van der Waals surface area contributed by atoms with Gasteiger partial charge < -0.3 is 15.0 Å². The number of hydrogen-bond acceptors (Lipinski definition) is 4. The minimum Gasteiger partial charge on any atom is -0.444 e. The molecule has 1 saturated heterocycles. The van der Waals surface area contributed by atoms with Crippen LogP contribution in [0.5, 0.6) is 0 Å². The molecule has 1 unspecified atom stereocenters. The Kier molecular flexibility index (Phi) is 5.66. The maximum Gasteiger partial charge on any atom is 0.410 e. The van der Waals surface area contributed by atoms with Crippen LogP contribution in [0.15, 0.2) is 18.2 Å². The van der Waals surface area contributed by atoms with Crippen LogP contribution in [0.25, 0.3) is 0 Å². The molecule has 5 nitrogen and oxygen atoms in total. The Balaban J connectivity index is 1.93. The molecule has 0 bridgehead atoms. The predicted molar refractivity (Wildman–Crippen MR) is 90.1 cm³/mol. The lowest BCUT2D eigenvalue weighted by atomic mass is 9.98. The molecule has 6 heteroatoms. The molecule has 0 aromatic heterocycles. The summed E-state index contributed by atoms with van der Waals surface area (Å²) in [4.78, 5) is 13.9. The van der Waals surface area contributed by atoms with E-state index < -0.39 is 11.4 Å². The van der Waals surface area contributed by atoms with Gasteiger partial charge in [-0.05, 0) is 51.7 Å². The molecule has 1 aliphatic rings. The number of nitrogens with one attached hydrogen (secondary N) is 1. The molecule has 1 N–H and O–H groups in total. The number of piperidine rings is 1. The second-order valence-corrected chi connectivity index (χ2v) is 7.09. The fourth-order valence-electron chi connectivity index (χ4n) is 2.76. The van der Waals surface area contributed by atoms with Crippen molar-refractivity contribution in [3.63, 3.8) is 0 Å². The highest BCUT2D eigenvalue weighted by Crippen LogP contribution is 2.22. The van der Waals surface area contributed by atoms with E-state index in [1.807, 2.05) is 26.8 Å². The minimum atomic E-state index is -0.526. The number of benzene rings is 1. The van der Waals surface area contributed by atoms with Crippen molar-refractivity contribution >= 4 is 11.8 Å². The van der Waals surface area contributed by atoms with Gasteiger partial charge in [0.25, 0.3) is 0 Å². The third-order valence-electron chi connectivity index (χ3n) is 3.88. The number of halogens is 1. The van der Waals surface area contributed by atoms with Gasteiger partial charge in [-0.15, -0.1) is 0 Å². The van der Waals surface area contributed by atoms with E-state index in [0.29, 0.717) is 25.3 Å². The van der Waals surface area contributed by atoms with Gasteiger partial charge >= 0.3 is 6.09 Å². The third-order valence-corrected chi connectivity index (χ3v) is 3.88. The van der Waals surface area contributed by atoms with Crippen molar-refractivity contribution in [2.24, 2.45) is 5.92 Å². The molecule has 1 aromatic carbocycles. The topological polar surface area (TPSA) is 65.4 Å². The summed E-state index contributed by atoms with van der Waals surface area (Å²) in [6, 6.07) is 6.42. The van der Waals surface area contributed by atoms with Crippen LogP contribution in [0.1, 0.15) is 39.2 Å². The second-order valence-electron chi connectivity index (χ2n) is 7.09. The van der Waals surface area contributed by atoms with Crippen molar-refractivity contribution < 1.29 is 13.9 Å². The van der Waals surface area contributed by atoms with Crippen LogP contribution in [0.3, 0.4) is 0 Å². The fourth-order valence-corrected chi connectivity index (χ4v) is 2.76. The number of ether oxygens (including phenoxy) is 1. The van der Waals surface area contributed by atoms with E-state index in [9.17, 15) is 9.18 Å². The minimum absolute atomic E-state index is 0.0253. The van der Waals surface area contributed by atoms with Gasteiger partial charge in [0.2, 0.25) is 0 Å². The molecule has 130 valence electrons. The number of hydrogen-bond donors (Lipinski definition) is 1. The Morgan fingerprint density at radius 3 is 2.92 bits per heavy atom. The summed E-state index contributed by atoms with van der Waals surface area (Å²) in [6.07, 6.45) is 1.58. The monoisotopic (exact) mass is 333 g/mol. The van der Waals surface area contributed by atoms with Crippen LogP contribution in [0, 0.1) is 23.1 Å². The molecular weight excluding hydrogens is 309 g/mol. The molecule has 1 amide bonds. The average Bonchev–Trinajstić information content (AvgIpc) is 2.51. The predicted octanol–water partition coefficient (Wildman–Crippen LogP) is 3.76. The normalized spacial score (nSPS) is 18.0. The molecule has 1 heterocycles. The van der Waals surface area contributed by atoms with E-state index in [4.69, 9.17) is 10.00 Å². The van der Waals surface area contributed by atoms with E-state index >= 15 is 0 Å². The first kappa shape index (κ1) is 18.1. The lowest BCUT2D eigenvalue weighted by molar-refractivity contribution is 0.0172. The Labute approximate surface area is 142 Å². The Bertz CT molecular complexity index is 634. The van der Waals surface area contributed by atoms with Crippen molar-refractivity contribution in [1.29, 1.82) is 5.26 Å². The number of nitrogens with zero attached hydrogens (tertiary/aromatic N) is 2. The van der Waals surface area contributed by atoms with E-state index in [-0.39, 0.29) is 17.6 Å². The van der Waals surface area contributed by atoms with Gasteiger partial charge in [-0.25, -0.2) is 9.18 Å². The molecule has 1 atom stereocenters. The van der Waals surface area contributed by atoms with Gasteiger partial charge in [0, 0.05) is 19.6 Å². The highest BCUT2D eigenvalue weighted by Gasteiger charge is 2.27. The van der Waals surface area contributed by atoms with Gasteiger partial charge in [-0.3, -0.25) is 0 Å². The molecule has 1 aromatic rings. The fraction of sp³-hybridized carbons (Fsp3) is 0.556. The first-order valence-electron chi connectivity index (χ1n) is 8.20.